The smallest absolute Gasteiger partial charge is 0.0551 e. The second kappa shape index (κ2) is 4.70. The Labute approximate surface area is 76.9 Å². The van der Waals surface area contributed by atoms with Crippen molar-refractivity contribution in [3.8, 4) is 0 Å². The predicted octanol–water partition coefficient (Wildman–Crippen LogP) is 0.951. The third-order valence-corrected chi connectivity index (χ3v) is 4.04. The number of thiol groups is 1. The van der Waals surface area contributed by atoms with Gasteiger partial charge in [0.15, 0.2) is 0 Å². The van der Waals surface area contributed by atoms with Gasteiger partial charge >= 0.3 is 0 Å². The summed E-state index contributed by atoms with van der Waals surface area (Å²) in [6, 6.07) is 0. The molecule has 0 aromatic heterocycles. The van der Waals surface area contributed by atoms with Gasteiger partial charge in [-0.25, -0.2) is 10.9 Å². The lowest BCUT2D eigenvalue weighted by Gasteiger charge is -2.25. The van der Waals surface area contributed by atoms with E-state index < -0.39 is 0 Å². The molecule has 0 fully saturated rings. The van der Waals surface area contributed by atoms with Gasteiger partial charge in [0.25, 0.3) is 0 Å². The van der Waals surface area contributed by atoms with Crippen molar-refractivity contribution in [3.63, 3.8) is 0 Å². The molecule has 1 heterocycles. The normalized spacial score (nSPS) is 20.8. The lowest BCUT2D eigenvalue weighted by Crippen LogP contribution is -2.27. The Morgan fingerprint density at radius 1 is 1.33 bits per heavy atom. The van der Waals surface area contributed by atoms with Gasteiger partial charge in [-0.15, -0.1) is 0 Å². The van der Waals surface area contributed by atoms with Gasteiger partial charge in [0.05, 0.1) is 6.61 Å². The largest absolute Gasteiger partial charge is 0.395 e. The highest BCUT2D eigenvalue weighted by Gasteiger charge is 2.14. The molecule has 0 aliphatic carbocycles. The fourth-order valence-corrected chi connectivity index (χ4v) is 3.15. The number of hydrogen-bond acceptors (Lipinski definition) is 2. The van der Waals surface area contributed by atoms with Crippen molar-refractivity contribution in [2.24, 2.45) is 0 Å². The van der Waals surface area contributed by atoms with E-state index in [1.807, 2.05) is 14.1 Å². The molecule has 1 N–H and O–H groups in total. The van der Waals surface area contributed by atoms with E-state index in [1.54, 1.807) is 0 Å². The van der Waals surface area contributed by atoms with Crippen LogP contribution in [0.25, 0.3) is 0 Å². The highest BCUT2D eigenvalue weighted by Crippen LogP contribution is 2.37. The molecule has 0 saturated carbocycles. The number of allylic oxidation sites excluding steroid dienone is 2. The maximum atomic E-state index is 9.16. The Hall–Kier alpha value is -0.250. The second-order valence-corrected chi connectivity index (χ2v) is 5.45. The number of rotatable bonds is 4. The molecule has 2 nitrogen and oxygen atoms in total. The Kier molecular flexibility index (Phi) is 3.85. The summed E-state index contributed by atoms with van der Waals surface area (Å²) in [4.78, 5) is 2.13. The molecule has 12 heavy (non-hydrogen) atoms. The summed E-state index contributed by atoms with van der Waals surface area (Å²) in [5.74, 6) is 0. The summed E-state index contributed by atoms with van der Waals surface area (Å²) in [5, 5.41) is 14.0. The number of aliphatic hydroxyl groups excluding tert-OH is 1. The van der Waals surface area contributed by atoms with E-state index in [9.17, 15) is 0 Å². The van der Waals surface area contributed by atoms with Crippen molar-refractivity contribution >= 4 is 10.9 Å². The van der Waals surface area contributed by atoms with Gasteiger partial charge in [-0.1, -0.05) is 12.2 Å². The van der Waals surface area contributed by atoms with Crippen molar-refractivity contribution in [1.82, 2.24) is 4.90 Å². The lowest BCUT2D eigenvalue weighted by molar-refractivity contribution is 0.269. The lowest BCUT2D eigenvalue weighted by atomic mass is 10.4. The van der Waals surface area contributed by atoms with Crippen LogP contribution in [0.4, 0.5) is 0 Å². The van der Waals surface area contributed by atoms with Crippen LogP contribution >= 0.6 is 10.9 Å². The van der Waals surface area contributed by atoms with E-state index in [0.29, 0.717) is 11.9 Å². The van der Waals surface area contributed by atoms with Crippen LogP contribution in [-0.2, 0) is 0 Å². The zero-order valence-electron chi connectivity index (χ0n) is 7.64. The van der Waals surface area contributed by atoms with Crippen LogP contribution in [-0.4, -0.2) is 42.5 Å². The SMILES string of the molecule is CN(C)CC(CO)[SH]1C=CC=C1. The standard InChI is InChI=1S/C9H17NOS/c1-10(2)7-9(8-11)12-5-3-4-6-12/h3-6,9,11-12H,7-8H2,1-2H3. The van der Waals surface area contributed by atoms with E-state index in [4.69, 9.17) is 5.11 Å². The summed E-state index contributed by atoms with van der Waals surface area (Å²) < 4.78 is 0. The molecule has 0 radical (unpaired) electrons. The quantitative estimate of drug-likeness (QED) is 0.640. The molecular weight excluding hydrogens is 170 g/mol. The first-order chi connectivity index (χ1) is 5.74. The molecule has 70 valence electrons. The summed E-state index contributed by atoms with van der Waals surface area (Å²) in [6.45, 7) is 1.26. The minimum Gasteiger partial charge on any atom is -0.395 e. The Morgan fingerprint density at radius 3 is 2.33 bits per heavy atom. The van der Waals surface area contributed by atoms with Crippen LogP contribution in [0.2, 0.25) is 0 Å². The Balaban J connectivity index is 2.44. The van der Waals surface area contributed by atoms with E-state index in [2.05, 4.69) is 27.9 Å². The monoisotopic (exact) mass is 187 g/mol. The number of nitrogens with zero attached hydrogens (tertiary/aromatic N) is 1. The molecular formula is C9H17NOS. The summed E-state index contributed by atoms with van der Waals surface area (Å²) in [5.41, 5.74) is 0. The van der Waals surface area contributed by atoms with Crippen molar-refractivity contribution in [1.29, 1.82) is 0 Å². The molecule has 3 heteroatoms. The van der Waals surface area contributed by atoms with Gasteiger partial charge in [-0.2, -0.15) is 0 Å². The molecule has 1 rings (SSSR count). The molecule has 1 unspecified atom stereocenters. The van der Waals surface area contributed by atoms with Gasteiger partial charge in [0.2, 0.25) is 0 Å². The third-order valence-electron chi connectivity index (χ3n) is 1.84. The van der Waals surface area contributed by atoms with Crippen molar-refractivity contribution in [2.75, 3.05) is 27.2 Å². The summed E-state index contributed by atoms with van der Waals surface area (Å²) in [6.07, 6.45) is 4.15. The van der Waals surface area contributed by atoms with Gasteiger partial charge < -0.3 is 10.0 Å². The minimum atomic E-state index is -0.194. The fraction of sp³-hybridized carbons (Fsp3) is 0.556. The maximum absolute atomic E-state index is 9.16. The van der Waals surface area contributed by atoms with Crippen LogP contribution in [0.1, 0.15) is 0 Å². The molecule has 0 aromatic carbocycles. The number of aliphatic hydroxyl groups is 1. The zero-order chi connectivity index (χ0) is 8.97. The zero-order valence-corrected chi connectivity index (χ0v) is 8.54. The molecule has 1 aliphatic rings. The van der Waals surface area contributed by atoms with Crippen LogP contribution in [0.3, 0.4) is 0 Å². The van der Waals surface area contributed by atoms with E-state index >= 15 is 0 Å². The highest BCUT2D eigenvalue weighted by molar-refractivity contribution is 8.22. The molecule has 0 spiro atoms. The van der Waals surface area contributed by atoms with Gasteiger partial charge in [0.1, 0.15) is 0 Å². The Morgan fingerprint density at radius 2 is 1.92 bits per heavy atom. The van der Waals surface area contributed by atoms with Crippen LogP contribution in [0.15, 0.2) is 23.0 Å². The van der Waals surface area contributed by atoms with Crippen LogP contribution in [0.5, 0.6) is 0 Å². The third kappa shape index (κ3) is 2.66. The Bertz CT molecular complexity index is 177. The van der Waals surface area contributed by atoms with Gasteiger partial charge in [-0.05, 0) is 24.9 Å². The van der Waals surface area contributed by atoms with Gasteiger partial charge in [-0.3, -0.25) is 0 Å². The number of hydrogen-bond donors (Lipinski definition) is 2. The summed E-state index contributed by atoms with van der Waals surface area (Å²) >= 11 is 0. The average molecular weight is 187 g/mol. The first kappa shape index (κ1) is 9.84. The van der Waals surface area contributed by atoms with Crippen molar-refractivity contribution < 1.29 is 5.11 Å². The molecule has 0 aromatic rings. The predicted molar refractivity (Wildman–Crippen MR) is 56.7 cm³/mol. The average Bonchev–Trinajstić information content (AvgIpc) is 2.51. The highest BCUT2D eigenvalue weighted by atomic mass is 32.2. The van der Waals surface area contributed by atoms with Crippen molar-refractivity contribution in [3.05, 3.63) is 23.0 Å². The molecule has 1 aliphatic heterocycles. The van der Waals surface area contributed by atoms with Crippen molar-refractivity contribution in [2.45, 2.75) is 5.25 Å². The molecule has 0 amide bonds. The van der Waals surface area contributed by atoms with Crippen LogP contribution < -0.4 is 0 Å². The first-order valence-electron chi connectivity index (χ1n) is 4.12. The fourth-order valence-electron chi connectivity index (χ4n) is 1.26. The minimum absolute atomic E-state index is 0.194. The second-order valence-electron chi connectivity index (χ2n) is 3.23. The van der Waals surface area contributed by atoms with E-state index in [0.717, 1.165) is 6.54 Å². The van der Waals surface area contributed by atoms with E-state index in [-0.39, 0.29) is 10.9 Å². The molecule has 1 atom stereocenters. The summed E-state index contributed by atoms with van der Waals surface area (Å²) in [7, 11) is 3.89. The van der Waals surface area contributed by atoms with Gasteiger partial charge in [0, 0.05) is 11.8 Å². The topological polar surface area (TPSA) is 23.5 Å². The van der Waals surface area contributed by atoms with Crippen LogP contribution in [0, 0.1) is 0 Å². The molecule has 0 saturated heterocycles. The maximum Gasteiger partial charge on any atom is 0.0551 e. The van der Waals surface area contributed by atoms with E-state index in [1.165, 1.54) is 0 Å². The first-order valence-corrected chi connectivity index (χ1v) is 5.67. The molecule has 0 bridgehead atoms.